The third kappa shape index (κ3) is 7.09. The Morgan fingerprint density at radius 1 is 1.35 bits per heavy atom. The Morgan fingerprint density at radius 3 is 2.73 bits per heavy atom. The lowest BCUT2D eigenvalue weighted by Gasteiger charge is -2.20. The van der Waals surface area contributed by atoms with Gasteiger partial charge in [0.25, 0.3) is 0 Å². The van der Waals surface area contributed by atoms with Crippen molar-refractivity contribution >= 4 is 23.6 Å². The molecule has 0 aromatic carbocycles. The molecule has 1 aliphatic carbocycles. The quantitative estimate of drug-likeness (QED) is 0.458. The number of rotatable bonds is 9. The van der Waals surface area contributed by atoms with Crippen molar-refractivity contribution in [2.75, 3.05) is 25.6 Å². The molecule has 142 valence electrons. The van der Waals surface area contributed by atoms with Crippen LogP contribution in [0, 0.1) is 17.2 Å². The largest absolute Gasteiger partial charge is 0.325 e. The number of nitrogens with zero attached hydrogens (tertiary/aromatic N) is 3. The molecule has 0 aliphatic heterocycles. The van der Waals surface area contributed by atoms with E-state index in [4.69, 9.17) is 5.26 Å². The Balaban J connectivity index is 2.49. The van der Waals surface area contributed by atoms with Gasteiger partial charge >= 0.3 is 5.91 Å². The molecule has 1 aliphatic rings. The summed E-state index contributed by atoms with van der Waals surface area (Å²) in [5.41, 5.74) is 0.777. The van der Waals surface area contributed by atoms with E-state index in [1.165, 1.54) is 11.3 Å². The summed E-state index contributed by atoms with van der Waals surface area (Å²) in [6.45, 7) is 4.45. The lowest BCUT2D eigenvalue weighted by molar-refractivity contribution is -0.128. The van der Waals surface area contributed by atoms with E-state index >= 15 is 0 Å². The second-order valence-electron chi connectivity index (χ2n) is 6.50. The molecular weight excluding hydrogens is 346 g/mol. The first-order valence-electron chi connectivity index (χ1n) is 8.98. The second-order valence-corrected chi connectivity index (χ2v) is 7.65. The summed E-state index contributed by atoms with van der Waals surface area (Å²) in [5, 5.41) is 8.73. The van der Waals surface area contributed by atoms with Crippen molar-refractivity contribution in [1.82, 2.24) is 9.80 Å². The monoisotopic (exact) mass is 375 g/mol. The average Bonchev–Trinajstić information content (AvgIpc) is 2.91. The maximum absolute atomic E-state index is 12.4. The van der Waals surface area contributed by atoms with E-state index < -0.39 is 5.91 Å². The normalized spacial score (nSPS) is 17.0. The molecular formula is C20H29N3O2S. The molecule has 2 atom stereocenters. The van der Waals surface area contributed by atoms with Gasteiger partial charge in [0.1, 0.15) is 0 Å². The Morgan fingerprint density at radius 2 is 2.08 bits per heavy atom. The fourth-order valence-electron chi connectivity index (χ4n) is 2.32. The van der Waals surface area contributed by atoms with Crippen molar-refractivity contribution in [3.05, 3.63) is 36.1 Å². The number of thioether (sulfide) groups is 1. The molecule has 0 aromatic heterocycles. The Bertz CT molecular complexity index is 619. The first-order valence-corrected chi connectivity index (χ1v) is 10.1. The van der Waals surface area contributed by atoms with Crippen molar-refractivity contribution in [3.8, 4) is 6.07 Å². The summed E-state index contributed by atoms with van der Waals surface area (Å²) in [4.78, 5) is 26.9. The number of hydrogen-bond acceptors (Lipinski definition) is 4. The Hall–Kier alpha value is -2.00. The number of nitriles is 1. The summed E-state index contributed by atoms with van der Waals surface area (Å²) in [5.74, 6) is 2.37. The molecule has 5 nitrogen and oxygen atoms in total. The lowest BCUT2D eigenvalue weighted by atomic mass is 10.2. The number of likely N-dealkylation sites (N-methyl/N-ethyl adjacent to an activating group) is 2. The van der Waals surface area contributed by atoms with E-state index in [1.54, 1.807) is 25.1 Å². The van der Waals surface area contributed by atoms with E-state index in [1.807, 2.05) is 42.1 Å². The van der Waals surface area contributed by atoms with Crippen LogP contribution in [0.4, 0.5) is 0 Å². The topological polar surface area (TPSA) is 64.4 Å². The van der Waals surface area contributed by atoms with Gasteiger partial charge in [-0.15, -0.1) is 0 Å². The highest BCUT2D eigenvalue weighted by atomic mass is 32.2. The number of hydrogen-bond donors (Lipinski definition) is 0. The predicted octanol–water partition coefficient (Wildman–Crippen LogP) is 3.36. The highest BCUT2D eigenvalue weighted by Gasteiger charge is 2.17. The van der Waals surface area contributed by atoms with Gasteiger partial charge < -0.3 is 9.80 Å². The maximum atomic E-state index is 12.4. The van der Waals surface area contributed by atoms with Crippen LogP contribution in [0.1, 0.15) is 33.1 Å². The molecule has 0 saturated heterocycles. The van der Waals surface area contributed by atoms with Gasteiger partial charge in [0.05, 0.1) is 6.04 Å². The molecule has 26 heavy (non-hydrogen) atoms. The lowest BCUT2D eigenvalue weighted by Crippen LogP contribution is -2.33. The SMILES string of the molecule is CCC(C)CSCCCC(=O)N(C)C1=CC=CC(N(C)C(=O)C#N)C=C1. The van der Waals surface area contributed by atoms with Gasteiger partial charge in [-0.05, 0) is 36.0 Å². The Kier molecular flexibility index (Phi) is 9.82. The minimum absolute atomic E-state index is 0.0818. The van der Waals surface area contributed by atoms with Crippen LogP contribution >= 0.6 is 11.8 Å². The van der Waals surface area contributed by atoms with Crippen LogP contribution in [0.5, 0.6) is 0 Å². The molecule has 2 amide bonds. The molecule has 0 bridgehead atoms. The van der Waals surface area contributed by atoms with Crippen LogP contribution in [0.3, 0.4) is 0 Å². The van der Waals surface area contributed by atoms with Crippen LogP contribution in [-0.2, 0) is 9.59 Å². The van der Waals surface area contributed by atoms with Gasteiger partial charge in [-0.3, -0.25) is 9.59 Å². The van der Waals surface area contributed by atoms with E-state index in [0.717, 1.165) is 29.5 Å². The van der Waals surface area contributed by atoms with E-state index in [0.29, 0.717) is 6.42 Å². The van der Waals surface area contributed by atoms with Crippen LogP contribution in [0.25, 0.3) is 0 Å². The average molecular weight is 376 g/mol. The summed E-state index contributed by atoms with van der Waals surface area (Å²) in [6, 6.07) is 1.32. The molecule has 0 heterocycles. The zero-order valence-corrected chi connectivity index (χ0v) is 17.0. The van der Waals surface area contributed by atoms with Gasteiger partial charge in [0.15, 0.2) is 6.07 Å². The number of allylic oxidation sites excluding steroid dienone is 3. The fourth-order valence-corrected chi connectivity index (χ4v) is 3.47. The molecule has 1 rings (SSSR count). The summed E-state index contributed by atoms with van der Waals surface area (Å²) >= 11 is 1.91. The van der Waals surface area contributed by atoms with E-state index in [9.17, 15) is 9.59 Å². The fraction of sp³-hybridized carbons (Fsp3) is 0.550. The van der Waals surface area contributed by atoms with Crippen LogP contribution < -0.4 is 0 Å². The van der Waals surface area contributed by atoms with Gasteiger partial charge in [0, 0.05) is 26.2 Å². The van der Waals surface area contributed by atoms with Crippen LogP contribution in [-0.4, -0.2) is 53.3 Å². The van der Waals surface area contributed by atoms with Gasteiger partial charge in [-0.25, -0.2) is 0 Å². The third-order valence-corrected chi connectivity index (χ3v) is 5.82. The van der Waals surface area contributed by atoms with Crippen LogP contribution in [0.2, 0.25) is 0 Å². The van der Waals surface area contributed by atoms with Crippen molar-refractivity contribution in [3.63, 3.8) is 0 Å². The summed E-state index contributed by atoms with van der Waals surface area (Å²) in [6.07, 6.45) is 11.7. The number of amides is 2. The molecule has 0 N–H and O–H groups in total. The van der Waals surface area contributed by atoms with Crippen molar-refractivity contribution < 1.29 is 9.59 Å². The summed E-state index contributed by atoms with van der Waals surface area (Å²) < 4.78 is 0. The molecule has 0 saturated carbocycles. The highest BCUT2D eigenvalue weighted by molar-refractivity contribution is 7.99. The molecule has 0 aromatic rings. The third-order valence-electron chi connectivity index (χ3n) is 4.44. The minimum atomic E-state index is -0.591. The van der Waals surface area contributed by atoms with E-state index in [2.05, 4.69) is 13.8 Å². The number of carbonyl (C=O) groups excluding carboxylic acids is 2. The second kappa shape index (κ2) is 11.6. The predicted molar refractivity (Wildman–Crippen MR) is 107 cm³/mol. The zero-order chi connectivity index (χ0) is 19.5. The molecule has 0 radical (unpaired) electrons. The molecule has 0 fully saturated rings. The first-order chi connectivity index (χ1) is 12.4. The first kappa shape index (κ1) is 22.0. The number of carbonyl (C=O) groups is 2. The molecule has 0 spiro atoms. The highest BCUT2D eigenvalue weighted by Crippen LogP contribution is 2.16. The molecule has 6 heteroatoms. The smallest absolute Gasteiger partial charge is 0.323 e. The Labute approximate surface area is 161 Å². The maximum Gasteiger partial charge on any atom is 0.325 e. The van der Waals surface area contributed by atoms with Crippen molar-refractivity contribution in [1.29, 1.82) is 5.26 Å². The van der Waals surface area contributed by atoms with Crippen molar-refractivity contribution in [2.24, 2.45) is 5.92 Å². The molecule has 2 unspecified atom stereocenters. The standard InChI is InChI=1S/C20H29N3O2S/c1-5-16(2)15-26-13-7-10-19(24)22(3)17-8-6-9-18(12-11-17)23(4)20(25)14-21/h6,8-9,11-12,16,18H,5,7,10,13,15H2,1-4H3. The zero-order valence-electron chi connectivity index (χ0n) is 16.1. The van der Waals surface area contributed by atoms with Crippen LogP contribution in [0.15, 0.2) is 36.1 Å². The summed E-state index contributed by atoms with van der Waals surface area (Å²) in [7, 11) is 3.35. The van der Waals surface area contributed by atoms with Gasteiger partial charge in [-0.1, -0.05) is 38.5 Å². The minimum Gasteiger partial charge on any atom is -0.323 e. The van der Waals surface area contributed by atoms with Gasteiger partial charge in [-0.2, -0.15) is 17.0 Å². The van der Waals surface area contributed by atoms with Crippen molar-refractivity contribution in [2.45, 2.75) is 39.2 Å². The van der Waals surface area contributed by atoms with Gasteiger partial charge in [0.2, 0.25) is 5.91 Å². The van der Waals surface area contributed by atoms with E-state index in [-0.39, 0.29) is 11.9 Å².